The SMILES string of the molecule is Cc1nn(C)c(Cl)c1CN(C[C@H]1CCC(=O)N1)C(C)C. The molecule has 1 aromatic rings. The van der Waals surface area contributed by atoms with Crippen molar-refractivity contribution < 1.29 is 4.79 Å². The van der Waals surface area contributed by atoms with Gasteiger partial charge in [0.2, 0.25) is 5.91 Å². The standard InChI is InChI=1S/C14H23ClN4O/c1-9(2)19(7-11-5-6-13(20)16-11)8-12-10(3)17-18(4)14(12)15/h9,11H,5-8H2,1-4H3,(H,16,20)/t11-/m1/s1. The third-order valence-corrected chi connectivity index (χ3v) is 4.37. The van der Waals surface area contributed by atoms with Gasteiger partial charge in [-0.15, -0.1) is 0 Å². The molecule has 0 bridgehead atoms. The number of aromatic nitrogens is 2. The Labute approximate surface area is 125 Å². The fourth-order valence-corrected chi connectivity index (χ4v) is 2.85. The highest BCUT2D eigenvalue weighted by molar-refractivity contribution is 6.30. The lowest BCUT2D eigenvalue weighted by molar-refractivity contribution is -0.119. The minimum atomic E-state index is 0.161. The molecule has 112 valence electrons. The van der Waals surface area contributed by atoms with E-state index in [0.29, 0.717) is 17.6 Å². The molecule has 1 aromatic heterocycles. The van der Waals surface area contributed by atoms with Crippen molar-refractivity contribution in [1.82, 2.24) is 20.0 Å². The van der Waals surface area contributed by atoms with Gasteiger partial charge in [0.1, 0.15) is 5.15 Å². The van der Waals surface area contributed by atoms with Crippen LogP contribution in [0.25, 0.3) is 0 Å². The molecule has 1 aliphatic rings. The van der Waals surface area contributed by atoms with Gasteiger partial charge in [0.15, 0.2) is 0 Å². The number of carbonyl (C=O) groups is 1. The monoisotopic (exact) mass is 298 g/mol. The van der Waals surface area contributed by atoms with Crippen LogP contribution in [0.1, 0.15) is 37.9 Å². The molecule has 0 saturated carbocycles. The van der Waals surface area contributed by atoms with Gasteiger partial charge in [-0.05, 0) is 27.2 Å². The van der Waals surface area contributed by atoms with Crippen molar-refractivity contribution in [3.63, 3.8) is 0 Å². The van der Waals surface area contributed by atoms with Crippen molar-refractivity contribution in [2.75, 3.05) is 6.54 Å². The highest BCUT2D eigenvalue weighted by Gasteiger charge is 2.25. The van der Waals surface area contributed by atoms with Gasteiger partial charge in [-0.1, -0.05) is 11.6 Å². The van der Waals surface area contributed by atoms with Crippen LogP contribution < -0.4 is 5.32 Å². The molecular weight excluding hydrogens is 276 g/mol. The van der Waals surface area contributed by atoms with Gasteiger partial charge in [0, 0.05) is 44.2 Å². The van der Waals surface area contributed by atoms with Crippen molar-refractivity contribution in [3.05, 3.63) is 16.4 Å². The minimum absolute atomic E-state index is 0.161. The summed E-state index contributed by atoms with van der Waals surface area (Å²) in [6.07, 6.45) is 1.56. The first-order chi connectivity index (χ1) is 9.38. The smallest absolute Gasteiger partial charge is 0.220 e. The van der Waals surface area contributed by atoms with E-state index in [2.05, 4.69) is 29.2 Å². The highest BCUT2D eigenvalue weighted by Crippen LogP contribution is 2.22. The van der Waals surface area contributed by atoms with Gasteiger partial charge < -0.3 is 5.32 Å². The average Bonchev–Trinajstić information content (AvgIpc) is 2.87. The van der Waals surface area contributed by atoms with Gasteiger partial charge in [-0.3, -0.25) is 14.4 Å². The molecule has 1 aliphatic heterocycles. The van der Waals surface area contributed by atoms with Crippen molar-refractivity contribution in [2.45, 2.75) is 52.2 Å². The summed E-state index contributed by atoms with van der Waals surface area (Å²) in [5.41, 5.74) is 2.05. The van der Waals surface area contributed by atoms with Gasteiger partial charge >= 0.3 is 0 Å². The van der Waals surface area contributed by atoms with E-state index in [4.69, 9.17) is 11.6 Å². The van der Waals surface area contributed by atoms with Crippen LogP contribution in [-0.2, 0) is 18.4 Å². The van der Waals surface area contributed by atoms with Crippen LogP contribution in [0.3, 0.4) is 0 Å². The number of halogens is 1. The fourth-order valence-electron chi connectivity index (χ4n) is 2.61. The number of hydrogen-bond acceptors (Lipinski definition) is 3. The Kier molecular flexibility index (Phi) is 4.70. The predicted octanol–water partition coefficient (Wildman–Crippen LogP) is 1.87. The summed E-state index contributed by atoms with van der Waals surface area (Å²) in [4.78, 5) is 13.7. The number of amides is 1. The van der Waals surface area contributed by atoms with Gasteiger partial charge in [-0.25, -0.2) is 0 Å². The highest BCUT2D eigenvalue weighted by atomic mass is 35.5. The van der Waals surface area contributed by atoms with Crippen molar-refractivity contribution in [2.24, 2.45) is 7.05 Å². The summed E-state index contributed by atoms with van der Waals surface area (Å²) >= 11 is 6.31. The van der Waals surface area contributed by atoms with E-state index in [0.717, 1.165) is 30.8 Å². The fraction of sp³-hybridized carbons (Fsp3) is 0.714. The first-order valence-electron chi connectivity index (χ1n) is 7.10. The number of carbonyl (C=O) groups excluding carboxylic acids is 1. The molecule has 20 heavy (non-hydrogen) atoms. The van der Waals surface area contributed by atoms with E-state index in [1.54, 1.807) is 4.68 Å². The number of hydrogen-bond donors (Lipinski definition) is 1. The number of nitrogens with zero attached hydrogens (tertiary/aromatic N) is 3. The topological polar surface area (TPSA) is 50.2 Å². The lowest BCUT2D eigenvalue weighted by Gasteiger charge is -2.29. The predicted molar refractivity (Wildman–Crippen MR) is 79.7 cm³/mol. The van der Waals surface area contributed by atoms with Crippen LogP contribution in [-0.4, -0.2) is 39.2 Å². The van der Waals surface area contributed by atoms with Crippen LogP contribution in [0.2, 0.25) is 5.15 Å². The zero-order chi connectivity index (χ0) is 14.9. The maximum Gasteiger partial charge on any atom is 0.220 e. The van der Waals surface area contributed by atoms with Crippen LogP contribution in [0.5, 0.6) is 0 Å². The quantitative estimate of drug-likeness (QED) is 0.903. The summed E-state index contributed by atoms with van der Waals surface area (Å²) in [7, 11) is 1.86. The van der Waals surface area contributed by atoms with E-state index in [1.165, 1.54) is 0 Å². The molecule has 1 N–H and O–H groups in total. The second-order valence-electron chi connectivity index (χ2n) is 5.80. The molecule has 0 unspecified atom stereocenters. The summed E-state index contributed by atoms with van der Waals surface area (Å²) in [6, 6.07) is 0.642. The molecule has 1 amide bonds. The molecule has 0 spiro atoms. The van der Waals surface area contributed by atoms with E-state index in [9.17, 15) is 4.79 Å². The zero-order valence-electron chi connectivity index (χ0n) is 12.6. The molecule has 6 heteroatoms. The van der Waals surface area contributed by atoms with Crippen molar-refractivity contribution in [3.8, 4) is 0 Å². The molecule has 0 radical (unpaired) electrons. The van der Waals surface area contributed by atoms with Crippen molar-refractivity contribution in [1.29, 1.82) is 0 Å². The van der Waals surface area contributed by atoms with Crippen LogP contribution in [0, 0.1) is 6.92 Å². The van der Waals surface area contributed by atoms with Gasteiger partial charge in [-0.2, -0.15) is 5.10 Å². The first kappa shape index (κ1) is 15.3. The molecule has 1 fully saturated rings. The second kappa shape index (κ2) is 6.14. The Bertz CT molecular complexity index is 498. The molecule has 2 rings (SSSR count). The normalized spacial score (nSPS) is 19.1. The molecule has 5 nitrogen and oxygen atoms in total. The molecule has 2 heterocycles. The van der Waals surface area contributed by atoms with Gasteiger partial charge in [0.25, 0.3) is 0 Å². The van der Waals surface area contributed by atoms with Gasteiger partial charge in [0.05, 0.1) is 5.69 Å². The minimum Gasteiger partial charge on any atom is -0.352 e. The Morgan fingerprint density at radius 3 is 2.70 bits per heavy atom. The Balaban J connectivity index is 2.07. The lowest BCUT2D eigenvalue weighted by Crippen LogP contribution is -2.41. The number of rotatable bonds is 5. The van der Waals surface area contributed by atoms with E-state index in [1.807, 2.05) is 14.0 Å². The molecule has 0 aliphatic carbocycles. The number of aryl methyl sites for hydroxylation is 2. The van der Waals surface area contributed by atoms with E-state index < -0.39 is 0 Å². The Morgan fingerprint density at radius 2 is 2.25 bits per heavy atom. The maximum absolute atomic E-state index is 11.3. The van der Waals surface area contributed by atoms with E-state index in [-0.39, 0.29) is 11.9 Å². The van der Waals surface area contributed by atoms with E-state index >= 15 is 0 Å². The maximum atomic E-state index is 11.3. The zero-order valence-corrected chi connectivity index (χ0v) is 13.4. The van der Waals surface area contributed by atoms with Crippen LogP contribution in [0.15, 0.2) is 0 Å². The summed E-state index contributed by atoms with van der Waals surface area (Å²) < 4.78 is 1.71. The summed E-state index contributed by atoms with van der Waals surface area (Å²) in [5.74, 6) is 0.161. The Morgan fingerprint density at radius 1 is 1.55 bits per heavy atom. The van der Waals surface area contributed by atoms with Crippen molar-refractivity contribution >= 4 is 17.5 Å². The first-order valence-corrected chi connectivity index (χ1v) is 7.47. The third kappa shape index (κ3) is 3.33. The van der Waals surface area contributed by atoms with Crippen LogP contribution in [0.4, 0.5) is 0 Å². The summed E-state index contributed by atoms with van der Waals surface area (Å²) in [6.45, 7) is 7.93. The number of nitrogens with one attached hydrogen (secondary N) is 1. The largest absolute Gasteiger partial charge is 0.352 e. The average molecular weight is 299 g/mol. The summed E-state index contributed by atoms with van der Waals surface area (Å²) in [5, 5.41) is 8.08. The Hall–Kier alpha value is -1.07. The molecule has 0 aromatic carbocycles. The molecule has 1 saturated heterocycles. The van der Waals surface area contributed by atoms with Crippen LogP contribution >= 0.6 is 11.6 Å². The lowest BCUT2D eigenvalue weighted by atomic mass is 10.1. The molecule has 1 atom stereocenters. The third-order valence-electron chi connectivity index (χ3n) is 3.90. The second-order valence-corrected chi connectivity index (χ2v) is 6.16. The molecular formula is C14H23ClN4O.